The Balaban J connectivity index is 2.12. The Morgan fingerprint density at radius 3 is 2.47 bits per heavy atom. The molecule has 1 rings (SSSR count). The molecule has 1 saturated heterocycles. The molecule has 0 aliphatic carbocycles. The third kappa shape index (κ3) is 5.89. The summed E-state index contributed by atoms with van der Waals surface area (Å²) in [6.45, 7) is 6.96. The summed E-state index contributed by atoms with van der Waals surface area (Å²) in [6, 6.07) is 0.420. The largest absolute Gasteiger partial charge is 0.327 e. The van der Waals surface area contributed by atoms with E-state index in [0.717, 1.165) is 10.5 Å². The Labute approximate surface area is 116 Å². The van der Waals surface area contributed by atoms with Crippen LogP contribution in [0.3, 0.4) is 0 Å². The van der Waals surface area contributed by atoms with E-state index in [4.69, 9.17) is 5.73 Å². The van der Waals surface area contributed by atoms with E-state index in [2.05, 4.69) is 44.3 Å². The molecule has 17 heavy (non-hydrogen) atoms. The first-order valence-corrected chi connectivity index (χ1v) is 9.17. The molecule has 4 atom stereocenters. The molecule has 1 aliphatic rings. The van der Waals surface area contributed by atoms with Gasteiger partial charge in [-0.05, 0) is 6.42 Å². The predicted molar refractivity (Wildman–Crippen MR) is 84.1 cm³/mol. The van der Waals surface area contributed by atoms with Crippen LogP contribution in [0.1, 0.15) is 59.3 Å². The lowest BCUT2D eigenvalue weighted by Crippen LogP contribution is -2.39. The minimum atomic E-state index is 0.420. The van der Waals surface area contributed by atoms with Crippen LogP contribution in [0.4, 0.5) is 0 Å². The summed E-state index contributed by atoms with van der Waals surface area (Å²) in [5.74, 6) is 1.26. The van der Waals surface area contributed by atoms with Crippen LogP contribution in [0.15, 0.2) is 0 Å². The Hall–Kier alpha value is 0.660. The third-order valence-electron chi connectivity index (χ3n) is 3.69. The van der Waals surface area contributed by atoms with E-state index >= 15 is 0 Å². The van der Waals surface area contributed by atoms with E-state index in [0.29, 0.717) is 11.3 Å². The Kier molecular flexibility index (Phi) is 8.05. The van der Waals surface area contributed by atoms with E-state index in [1.807, 2.05) is 0 Å². The van der Waals surface area contributed by atoms with Crippen molar-refractivity contribution in [1.29, 1.82) is 0 Å². The van der Waals surface area contributed by atoms with Crippen molar-refractivity contribution in [2.45, 2.75) is 81.1 Å². The molecule has 1 aliphatic heterocycles. The van der Waals surface area contributed by atoms with Gasteiger partial charge in [-0.2, -0.15) is 23.5 Å². The van der Waals surface area contributed by atoms with Crippen LogP contribution >= 0.6 is 23.5 Å². The van der Waals surface area contributed by atoms with Gasteiger partial charge in [0.15, 0.2) is 0 Å². The predicted octanol–water partition coefficient (Wildman–Crippen LogP) is 4.30. The molecule has 3 heteroatoms. The number of hydrogen-bond acceptors (Lipinski definition) is 3. The molecular weight excluding hydrogens is 246 g/mol. The summed E-state index contributed by atoms with van der Waals surface area (Å²) < 4.78 is 0. The van der Waals surface area contributed by atoms with Crippen molar-refractivity contribution < 1.29 is 0 Å². The maximum absolute atomic E-state index is 6.34. The highest BCUT2D eigenvalue weighted by Crippen LogP contribution is 2.37. The van der Waals surface area contributed by atoms with Crippen LogP contribution in [-0.4, -0.2) is 27.5 Å². The van der Waals surface area contributed by atoms with Crippen molar-refractivity contribution in [1.82, 2.24) is 0 Å². The normalized spacial score (nSPS) is 31.4. The van der Waals surface area contributed by atoms with E-state index in [1.165, 1.54) is 44.3 Å². The quantitative estimate of drug-likeness (QED) is 0.702. The van der Waals surface area contributed by atoms with Crippen LogP contribution in [0, 0.1) is 0 Å². The molecule has 0 aromatic heterocycles. The first-order valence-electron chi connectivity index (χ1n) is 7.17. The standard InChI is InChI=1S/C14H29NS2/c1-4-5-6-7-8-9-13(15)14-10-16-11(2)12(3)17-14/h11-14H,4-10,15H2,1-3H3. The lowest BCUT2D eigenvalue weighted by molar-refractivity contribution is 0.537. The summed E-state index contributed by atoms with van der Waals surface area (Å²) in [7, 11) is 0. The average molecular weight is 276 g/mol. The van der Waals surface area contributed by atoms with Gasteiger partial charge < -0.3 is 5.73 Å². The van der Waals surface area contributed by atoms with Crippen molar-refractivity contribution in [3.8, 4) is 0 Å². The zero-order valence-electron chi connectivity index (χ0n) is 11.7. The van der Waals surface area contributed by atoms with Gasteiger partial charge in [0, 0.05) is 27.5 Å². The number of rotatable bonds is 7. The maximum atomic E-state index is 6.34. The van der Waals surface area contributed by atoms with Crippen molar-refractivity contribution in [2.24, 2.45) is 5.73 Å². The highest BCUT2D eigenvalue weighted by atomic mass is 32.2. The fourth-order valence-corrected chi connectivity index (χ4v) is 5.30. The monoisotopic (exact) mass is 275 g/mol. The first kappa shape index (κ1) is 15.7. The minimum absolute atomic E-state index is 0.420. The Morgan fingerprint density at radius 1 is 1.12 bits per heavy atom. The molecule has 0 radical (unpaired) electrons. The van der Waals surface area contributed by atoms with Gasteiger partial charge in [0.1, 0.15) is 0 Å². The molecule has 0 saturated carbocycles. The van der Waals surface area contributed by atoms with Gasteiger partial charge in [-0.25, -0.2) is 0 Å². The lowest BCUT2D eigenvalue weighted by atomic mass is 10.1. The third-order valence-corrected chi connectivity index (χ3v) is 7.26. The summed E-state index contributed by atoms with van der Waals surface area (Å²) in [4.78, 5) is 0. The van der Waals surface area contributed by atoms with Gasteiger partial charge in [0.05, 0.1) is 0 Å². The van der Waals surface area contributed by atoms with E-state index < -0.39 is 0 Å². The van der Waals surface area contributed by atoms with Crippen LogP contribution < -0.4 is 5.73 Å². The first-order chi connectivity index (χ1) is 8.15. The van der Waals surface area contributed by atoms with Crippen molar-refractivity contribution in [2.75, 3.05) is 5.75 Å². The van der Waals surface area contributed by atoms with E-state index in [1.54, 1.807) is 0 Å². The molecule has 4 unspecified atom stereocenters. The average Bonchev–Trinajstić information content (AvgIpc) is 2.32. The van der Waals surface area contributed by atoms with Crippen LogP contribution in [0.5, 0.6) is 0 Å². The molecule has 0 bridgehead atoms. The minimum Gasteiger partial charge on any atom is -0.327 e. The fraction of sp³-hybridized carbons (Fsp3) is 1.00. The second-order valence-electron chi connectivity index (χ2n) is 5.28. The van der Waals surface area contributed by atoms with Crippen LogP contribution in [0.2, 0.25) is 0 Å². The molecular formula is C14H29NS2. The molecule has 1 heterocycles. The summed E-state index contributed by atoms with van der Waals surface area (Å²) in [5.41, 5.74) is 6.34. The molecule has 0 spiro atoms. The highest BCUT2D eigenvalue weighted by Gasteiger charge is 2.29. The molecule has 1 fully saturated rings. The van der Waals surface area contributed by atoms with Gasteiger partial charge >= 0.3 is 0 Å². The smallest absolute Gasteiger partial charge is 0.0292 e. The Morgan fingerprint density at radius 2 is 1.82 bits per heavy atom. The van der Waals surface area contributed by atoms with Gasteiger partial charge in [-0.3, -0.25) is 0 Å². The zero-order valence-corrected chi connectivity index (χ0v) is 13.3. The Bertz CT molecular complexity index is 199. The zero-order chi connectivity index (χ0) is 12.7. The van der Waals surface area contributed by atoms with Gasteiger partial charge in [0.2, 0.25) is 0 Å². The van der Waals surface area contributed by atoms with Gasteiger partial charge in [-0.1, -0.05) is 52.9 Å². The number of unbranched alkanes of at least 4 members (excludes halogenated alkanes) is 4. The fourth-order valence-electron chi connectivity index (χ4n) is 2.20. The molecule has 1 nitrogen and oxygen atoms in total. The second-order valence-corrected chi connectivity index (χ2v) is 8.32. The van der Waals surface area contributed by atoms with Gasteiger partial charge in [-0.15, -0.1) is 0 Å². The maximum Gasteiger partial charge on any atom is 0.0292 e. The summed E-state index contributed by atoms with van der Waals surface area (Å²) in [5, 5.41) is 2.26. The SMILES string of the molecule is CCCCCCCC(N)C1CSC(C)C(C)S1. The molecule has 102 valence electrons. The number of nitrogens with two attached hydrogens (primary N) is 1. The van der Waals surface area contributed by atoms with Crippen molar-refractivity contribution in [3.05, 3.63) is 0 Å². The second kappa shape index (κ2) is 8.71. The molecule has 0 aromatic carbocycles. The summed E-state index contributed by atoms with van der Waals surface area (Å²) >= 11 is 4.23. The van der Waals surface area contributed by atoms with Crippen molar-refractivity contribution in [3.63, 3.8) is 0 Å². The molecule has 2 N–H and O–H groups in total. The van der Waals surface area contributed by atoms with Crippen LogP contribution in [-0.2, 0) is 0 Å². The highest BCUT2D eigenvalue weighted by molar-refractivity contribution is 8.07. The molecule has 0 amide bonds. The topological polar surface area (TPSA) is 26.0 Å². The summed E-state index contributed by atoms with van der Waals surface area (Å²) in [6.07, 6.45) is 8.03. The van der Waals surface area contributed by atoms with E-state index in [9.17, 15) is 0 Å². The number of thioether (sulfide) groups is 2. The van der Waals surface area contributed by atoms with Crippen LogP contribution in [0.25, 0.3) is 0 Å². The van der Waals surface area contributed by atoms with Gasteiger partial charge in [0.25, 0.3) is 0 Å². The number of hydrogen-bond donors (Lipinski definition) is 1. The molecule has 0 aromatic rings. The van der Waals surface area contributed by atoms with Crippen molar-refractivity contribution >= 4 is 23.5 Å². The van der Waals surface area contributed by atoms with E-state index in [-0.39, 0.29) is 0 Å². The lowest BCUT2D eigenvalue weighted by Gasteiger charge is -2.34.